The van der Waals surface area contributed by atoms with Crippen molar-refractivity contribution in [3.8, 4) is 5.69 Å². The van der Waals surface area contributed by atoms with Crippen molar-refractivity contribution >= 4 is 0 Å². The maximum absolute atomic E-state index is 6.22. The largest absolute Gasteiger partial charge is 0.464 e. The number of hydrogen-bond donors (Lipinski definition) is 1. The highest BCUT2D eigenvalue weighted by Crippen LogP contribution is 2.22. The Morgan fingerprint density at radius 1 is 1.16 bits per heavy atom. The lowest BCUT2D eigenvalue weighted by atomic mass is 10.2. The summed E-state index contributed by atoms with van der Waals surface area (Å²) in [5, 5.41) is 8.03. The lowest BCUT2D eigenvalue weighted by molar-refractivity contribution is 0.460. The third-order valence-electron chi connectivity index (χ3n) is 2.96. The minimum atomic E-state index is -0.385. The van der Waals surface area contributed by atoms with E-state index >= 15 is 0 Å². The Kier molecular flexibility index (Phi) is 2.89. The van der Waals surface area contributed by atoms with E-state index in [2.05, 4.69) is 10.3 Å². The molecule has 3 rings (SSSR count). The first-order valence-electron chi connectivity index (χ1n) is 6.03. The van der Waals surface area contributed by atoms with Crippen LogP contribution in [-0.2, 0) is 0 Å². The van der Waals surface area contributed by atoms with Crippen LogP contribution in [0.3, 0.4) is 0 Å². The molecule has 0 aliphatic carbocycles. The van der Waals surface area contributed by atoms with Crippen molar-refractivity contribution in [1.82, 2.24) is 15.0 Å². The number of nitrogens with zero attached hydrogens (tertiary/aromatic N) is 3. The standard InChI is InChI=1S/C14H14N4O/c1-10-7-8-13(19-10)14(15)12-9-16-17-18(12)11-5-3-2-4-6-11/h2-9,14H,15H2,1H3. The Bertz CT molecular complexity index is 672. The number of nitrogens with two attached hydrogens (primary N) is 1. The van der Waals surface area contributed by atoms with E-state index in [0.29, 0.717) is 5.76 Å². The zero-order valence-electron chi connectivity index (χ0n) is 10.5. The summed E-state index contributed by atoms with van der Waals surface area (Å²) < 4.78 is 7.29. The fraction of sp³-hybridized carbons (Fsp3) is 0.143. The zero-order valence-corrected chi connectivity index (χ0v) is 10.5. The van der Waals surface area contributed by atoms with Crippen LogP contribution in [0.25, 0.3) is 5.69 Å². The third kappa shape index (κ3) is 2.15. The number of benzene rings is 1. The molecule has 0 fully saturated rings. The van der Waals surface area contributed by atoms with E-state index in [1.54, 1.807) is 10.9 Å². The Morgan fingerprint density at radius 2 is 1.95 bits per heavy atom. The smallest absolute Gasteiger partial charge is 0.127 e. The van der Waals surface area contributed by atoms with E-state index in [-0.39, 0.29) is 6.04 Å². The van der Waals surface area contributed by atoms with Crippen molar-refractivity contribution in [2.75, 3.05) is 0 Å². The van der Waals surface area contributed by atoms with Gasteiger partial charge in [0.2, 0.25) is 0 Å². The van der Waals surface area contributed by atoms with Gasteiger partial charge in [0.1, 0.15) is 17.6 Å². The van der Waals surface area contributed by atoms with Gasteiger partial charge in [-0.15, -0.1) is 5.10 Å². The van der Waals surface area contributed by atoms with E-state index in [4.69, 9.17) is 10.2 Å². The van der Waals surface area contributed by atoms with Crippen molar-refractivity contribution < 1.29 is 4.42 Å². The number of aromatic nitrogens is 3. The molecule has 2 N–H and O–H groups in total. The Labute approximate surface area is 110 Å². The molecule has 0 radical (unpaired) electrons. The Balaban J connectivity index is 2.01. The van der Waals surface area contributed by atoms with Gasteiger partial charge < -0.3 is 10.2 Å². The first-order valence-corrected chi connectivity index (χ1v) is 6.03. The molecule has 0 saturated carbocycles. The number of hydrogen-bond acceptors (Lipinski definition) is 4. The Morgan fingerprint density at radius 3 is 2.63 bits per heavy atom. The van der Waals surface area contributed by atoms with Crippen LogP contribution in [0.15, 0.2) is 53.1 Å². The highest BCUT2D eigenvalue weighted by molar-refractivity contribution is 5.33. The molecule has 19 heavy (non-hydrogen) atoms. The van der Waals surface area contributed by atoms with Crippen LogP contribution in [0.1, 0.15) is 23.3 Å². The van der Waals surface area contributed by atoms with Crippen molar-refractivity contribution in [3.05, 3.63) is 65.9 Å². The lowest BCUT2D eigenvalue weighted by Crippen LogP contribution is -2.16. The fourth-order valence-electron chi connectivity index (χ4n) is 1.99. The van der Waals surface area contributed by atoms with Gasteiger partial charge in [-0.3, -0.25) is 0 Å². The molecule has 3 aromatic rings. The summed E-state index contributed by atoms with van der Waals surface area (Å²) in [6.07, 6.45) is 1.66. The molecule has 96 valence electrons. The van der Waals surface area contributed by atoms with Gasteiger partial charge >= 0.3 is 0 Å². The maximum Gasteiger partial charge on any atom is 0.127 e. The summed E-state index contributed by atoms with van der Waals surface area (Å²) in [5.74, 6) is 1.54. The van der Waals surface area contributed by atoms with Gasteiger partial charge in [0, 0.05) is 0 Å². The van der Waals surface area contributed by atoms with Crippen LogP contribution < -0.4 is 5.73 Å². The normalized spacial score (nSPS) is 12.5. The van der Waals surface area contributed by atoms with Crippen LogP contribution in [-0.4, -0.2) is 15.0 Å². The molecule has 0 bridgehead atoms. The molecule has 1 aromatic carbocycles. The van der Waals surface area contributed by atoms with Crippen molar-refractivity contribution in [2.24, 2.45) is 5.73 Å². The van der Waals surface area contributed by atoms with E-state index in [1.807, 2.05) is 49.4 Å². The van der Waals surface area contributed by atoms with Gasteiger partial charge in [0.15, 0.2) is 0 Å². The van der Waals surface area contributed by atoms with Gasteiger partial charge in [-0.25, -0.2) is 4.68 Å². The second-order valence-electron chi connectivity index (χ2n) is 4.33. The molecule has 2 heterocycles. The summed E-state index contributed by atoms with van der Waals surface area (Å²) in [5.41, 5.74) is 7.93. The average Bonchev–Trinajstić information content (AvgIpc) is 3.07. The van der Waals surface area contributed by atoms with Gasteiger partial charge in [-0.2, -0.15) is 0 Å². The van der Waals surface area contributed by atoms with Gasteiger partial charge in [0.25, 0.3) is 0 Å². The number of furan rings is 1. The minimum Gasteiger partial charge on any atom is -0.464 e. The molecule has 2 aromatic heterocycles. The molecular formula is C14H14N4O. The highest BCUT2D eigenvalue weighted by atomic mass is 16.3. The van der Waals surface area contributed by atoms with Gasteiger partial charge in [-0.05, 0) is 31.2 Å². The van der Waals surface area contributed by atoms with Crippen LogP contribution in [0.2, 0.25) is 0 Å². The van der Waals surface area contributed by atoms with Gasteiger partial charge in [0.05, 0.1) is 17.6 Å². The van der Waals surface area contributed by atoms with Crippen LogP contribution >= 0.6 is 0 Å². The van der Waals surface area contributed by atoms with Gasteiger partial charge in [-0.1, -0.05) is 23.4 Å². The predicted octanol–water partition coefficient (Wildman–Crippen LogP) is 2.22. The molecule has 0 aliphatic heterocycles. The molecule has 5 nitrogen and oxygen atoms in total. The highest BCUT2D eigenvalue weighted by Gasteiger charge is 2.18. The van der Waals surface area contributed by atoms with Crippen LogP contribution in [0.4, 0.5) is 0 Å². The second kappa shape index (κ2) is 4.70. The molecule has 0 amide bonds. The fourth-order valence-corrected chi connectivity index (χ4v) is 1.99. The first-order chi connectivity index (χ1) is 9.25. The summed E-state index contributed by atoms with van der Waals surface area (Å²) in [4.78, 5) is 0. The number of para-hydroxylation sites is 1. The first kappa shape index (κ1) is 11.7. The van der Waals surface area contributed by atoms with E-state index < -0.39 is 0 Å². The van der Waals surface area contributed by atoms with E-state index in [0.717, 1.165) is 17.1 Å². The topological polar surface area (TPSA) is 69.9 Å². The molecular weight excluding hydrogens is 240 g/mol. The lowest BCUT2D eigenvalue weighted by Gasteiger charge is -2.11. The third-order valence-corrected chi connectivity index (χ3v) is 2.96. The molecule has 1 atom stereocenters. The van der Waals surface area contributed by atoms with Crippen LogP contribution in [0.5, 0.6) is 0 Å². The van der Waals surface area contributed by atoms with Crippen molar-refractivity contribution in [1.29, 1.82) is 0 Å². The van der Waals surface area contributed by atoms with E-state index in [9.17, 15) is 0 Å². The monoisotopic (exact) mass is 254 g/mol. The minimum absolute atomic E-state index is 0.385. The summed E-state index contributed by atoms with van der Waals surface area (Å²) in [6.45, 7) is 1.89. The summed E-state index contributed by atoms with van der Waals surface area (Å²) >= 11 is 0. The van der Waals surface area contributed by atoms with Crippen molar-refractivity contribution in [3.63, 3.8) is 0 Å². The summed E-state index contributed by atoms with van der Waals surface area (Å²) in [7, 11) is 0. The molecule has 1 unspecified atom stereocenters. The molecule has 5 heteroatoms. The quantitative estimate of drug-likeness (QED) is 0.778. The zero-order chi connectivity index (χ0) is 13.2. The molecule has 0 spiro atoms. The number of rotatable bonds is 3. The molecule has 0 aliphatic rings. The maximum atomic E-state index is 6.22. The number of aryl methyl sites for hydroxylation is 1. The van der Waals surface area contributed by atoms with Crippen molar-refractivity contribution in [2.45, 2.75) is 13.0 Å². The average molecular weight is 254 g/mol. The molecule has 0 saturated heterocycles. The second-order valence-corrected chi connectivity index (χ2v) is 4.33. The summed E-state index contributed by atoms with van der Waals surface area (Å²) in [6, 6.07) is 13.1. The SMILES string of the molecule is Cc1ccc(C(N)c2cnnn2-c2ccccc2)o1. The Hall–Kier alpha value is -2.40. The van der Waals surface area contributed by atoms with Crippen LogP contribution in [0, 0.1) is 6.92 Å². The van der Waals surface area contributed by atoms with E-state index in [1.165, 1.54) is 0 Å². The predicted molar refractivity (Wildman–Crippen MR) is 70.8 cm³/mol.